The molecule has 0 bridgehead atoms. The third-order valence-corrected chi connectivity index (χ3v) is 3.03. The Kier molecular flexibility index (Phi) is 6.41. The molecule has 1 atom stereocenters. The maximum absolute atomic E-state index is 11.2. The summed E-state index contributed by atoms with van der Waals surface area (Å²) in [5, 5.41) is 17.1. The molecule has 15 heavy (non-hydrogen) atoms. The highest BCUT2D eigenvalue weighted by molar-refractivity contribution is 7.89. The lowest BCUT2D eigenvalue weighted by atomic mass is 10.3. The zero-order valence-electron chi connectivity index (χ0n) is 8.34. The Labute approximate surface area is 88.1 Å². The number of ether oxygens (including phenoxy) is 1. The summed E-state index contributed by atoms with van der Waals surface area (Å²) in [5.41, 5.74) is 0. The third kappa shape index (κ3) is 6.39. The summed E-state index contributed by atoms with van der Waals surface area (Å²) in [6.07, 6.45) is 0.267. The van der Waals surface area contributed by atoms with Crippen LogP contribution in [0.25, 0.3) is 0 Å². The third-order valence-electron chi connectivity index (χ3n) is 1.56. The van der Waals surface area contributed by atoms with Gasteiger partial charge in [0.05, 0.1) is 12.4 Å². The lowest BCUT2D eigenvalue weighted by Crippen LogP contribution is -2.44. The Bertz CT molecular complexity index is 288. The first-order chi connectivity index (χ1) is 6.93. The summed E-state index contributed by atoms with van der Waals surface area (Å²) >= 11 is 0. The van der Waals surface area contributed by atoms with E-state index < -0.39 is 28.6 Å². The van der Waals surface area contributed by atoms with E-state index in [4.69, 9.17) is 10.2 Å². The molecular weight excluding hydrogens is 226 g/mol. The second-order valence-electron chi connectivity index (χ2n) is 2.86. The highest BCUT2D eigenvalue weighted by Crippen LogP contribution is 1.93. The molecule has 8 heteroatoms. The van der Waals surface area contributed by atoms with Gasteiger partial charge in [-0.1, -0.05) is 0 Å². The van der Waals surface area contributed by atoms with Crippen LogP contribution in [0.5, 0.6) is 0 Å². The van der Waals surface area contributed by atoms with Crippen LogP contribution in [0, 0.1) is 0 Å². The van der Waals surface area contributed by atoms with Crippen LogP contribution in [0.2, 0.25) is 0 Å². The van der Waals surface area contributed by atoms with E-state index in [9.17, 15) is 13.2 Å². The van der Waals surface area contributed by atoms with Crippen molar-refractivity contribution in [2.75, 3.05) is 26.1 Å². The number of sulfonamides is 1. The normalized spacial score (nSPS) is 13.7. The van der Waals surface area contributed by atoms with Crippen LogP contribution in [0.3, 0.4) is 0 Å². The molecule has 0 aliphatic carbocycles. The van der Waals surface area contributed by atoms with Crippen LogP contribution in [0.15, 0.2) is 0 Å². The lowest BCUT2D eigenvalue weighted by molar-refractivity contribution is -0.139. The van der Waals surface area contributed by atoms with Crippen molar-refractivity contribution in [3.05, 3.63) is 0 Å². The number of hydrogen-bond acceptors (Lipinski definition) is 5. The number of aliphatic hydroxyl groups excluding tert-OH is 1. The van der Waals surface area contributed by atoms with Crippen molar-refractivity contribution >= 4 is 16.0 Å². The average molecular weight is 241 g/mol. The molecule has 3 N–H and O–H groups in total. The van der Waals surface area contributed by atoms with Gasteiger partial charge < -0.3 is 14.9 Å². The molecule has 0 spiro atoms. The number of rotatable bonds is 8. The van der Waals surface area contributed by atoms with E-state index in [1.807, 2.05) is 4.72 Å². The van der Waals surface area contributed by atoms with Crippen molar-refractivity contribution < 1.29 is 28.2 Å². The van der Waals surface area contributed by atoms with Crippen molar-refractivity contribution in [1.29, 1.82) is 0 Å². The quantitative estimate of drug-likeness (QED) is 0.440. The minimum Gasteiger partial charge on any atom is -0.480 e. The first kappa shape index (κ1) is 14.3. The predicted octanol–water partition coefficient (Wildman–Crippen LogP) is -1.61. The molecule has 0 saturated heterocycles. The fourth-order valence-electron chi connectivity index (χ4n) is 0.835. The largest absolute Gasteiger partial charge is 0.480 e. The Balaban J connectivity index is 4.17. The van der Waals surface area contributed by atoms with E-state index in [1.54, 1.807) is 0 Å². The Hall–Kier alpha value is -0.700. The van der Waals surface area contributed by atoms with Gasteiger partial charge in [0.25, 0.3) is 0 Å². The van der Waals surface area contributed by atoms with E-state index in [0.29, 0.717) is 0 Å². The summed E-state index contributed by atoms with van der Waals surface area (Å²) in [5.74, 6) is -1.64. The minimum atomic E-state index is -3.68. The van der Waals surface area contributed by atoms with Crippen molar-refractivity contribution in [1.82, 2.24) is 4.72 Å². The first-order valence-corrected chi connectivity index (χ1v) is 5.90. The predicted molar refractivity (Wildman–Crippen MR) is 51.9 cm³/mol. The molecule has 0 aliphatic rings. The second-order valence-corrected chi connectivity index (χ2v) is 4.73. The molecule has 0 aromatic heterocycles. The van der Waals surface area contributed by atoms with Crippen LogP contribution in [-0.2, 0) is 19.6 Å². The maximum atomic E-state index is 11.2. The molecule has 0 heterocycles. The number of carboxylic acids is 1. The minimum absolute atomic E-state index is 0.232. The molecule has 0 aromatic carbocycles. The Morgan fingerprint density at radius 1 is 1.53 bits per heavy atom. The molecule has 0 aliphatic heterocycles. The van der Waals surface area contributed by atoms with Crippen molar-refractivity contribution in [2.45, 2.75) is 12.5 Å². The van der Waals surface area contributed by atoms with E-state index in [0.717, 1.165) is 0 Å². The molecule has 0 amide bonds. The van der Waals surface area contributed by atoms with Gasteiger partial charge in [-0.15, -0.1) is 0 Å². The van der Waals surface area contributed by atoms with Gasteiger partial charge in [-0.25, -0.2) is 8.42 Å². The van der Waals surface area contributed by atoms with Crippen LogP contribution < -0.4 is 4.72 Å². The van der Waals surface area contributed by atoms with Gasteiger partial charge in [0.15, 0.2) is 0 Å². The number of carboxylic acid groups (broad SMARTS) is 1. The van der Waals surface area contributed by atoms with E-state index in [1.165, 1.54) is 7.11 Å². The van der Waals surface area contributed by atoms with Crippen LogP contribution in [0.1, 0.15) is 6.42 Å². The molecule has 0 radical (unpaired) electrons. The smallest absolute Gasteiger partial charge is 0.324 e. The van der Waals surface area contributed by atoms with Gasteiger partial charge in [-0.3, -0.25) is 4.79 Å². The Morgan fingerprint density at radius 2 is 2.13 bits per heavy atom. The van der Waals surface area contributed by atoms with Gasteiger partial charge in [0.1, 0.15) is 6.04 Å². The molecule has 0 fully saturated rings. The zero-order valence-corrected chi connectivity index (χ0v) is 9.16. The van der Waals surface area contributed by atoms with Gasteiger partial charge >= 0.3 is 5.97 Å². The molecule has 0 saturated carbocycles. The highest BCUT2D eigenvalue weighted by atomic mass is 32.2. The standard InChI is InChI=1S/C7H15NO6S/c1-14-3-2-4-15(12,13)8-6(5-9)7(10)11/h6,8-9H,2-5H2,1H3,(H,10,11). The van der Waals surface area contributed by atoms with Gasteiger partial charge in [-0.05, 0) is 6.42 Å². The fraction of sp³-hybridized carbons (Fsp3) is 0.857. The fourth-order valence-corrected chi connectivity index (χ4v) is 2.06. The molecular formula is C7H15NO6S. The Morgan fingerprint density at radius 3 is 2.53 bits per heavy atom. The van der Waals surface area contributed by atoms with Gasteiger partial charge in [0.2, 0.25) is 10.0 Å². The van der Waals surface area contributed by atoms with Crippen LogP contribution >= 0.6 is 0 Å². The topological polar surface area (TPSA) is 113 Å². The zero-order chi connectivity index (χ0) is 11.9. The van der Waals surface area contributed by atoms with Gasteiger partial charge in [0, 0.05) is 13.7 Å². The number of hydrogen-bond donors (Lipinski definition) is 3. The number of carbonyl (C=O) groups is 1. The number of methoxy groups -OCH3 is 1. The van der Waals surface area contributed by atoms with Crippen LogP contribution in [-0.4, -0.2) is 56.7 Å². The summed E-state index contributed by atoms with van der Waals surface area (Å²) in [7, 11) is -2.24. The van der Waals surface area contributed by atoms with Crippen molar-refractivity contribution in [2.24, 2.45) is 0 Å². The summed E-state index contributed by atoms with van der Waals surface area (Å²) in [6.45, 7) is -0.503. The second kappa shape index (κ2) is 6.72. The number of aliphatic carboxylic acids is 1. The molecule has 90 valence electrons. The van der Waals surface area contributed by atoms with Crippen molar-refractivity contribution in [3.63, 3.8) is 0 Å². The highest BCUT2D eigenvalue weighted by Gasteiger charge is 2.22. The molecule has 7 nitrogen and oxygen atoms in total. The number of nitrogens with one attached hydrogen (secondary N) is 1. The molecule has 1 unspecified atom stereocenters. The van der Waals surface area contributed by atoms with Crippen LogP contribution in [0.4, 0.5) is 0 Å². The van der Waals surface area contributed by atoms with E-state index >= 15 is 0 Å². The number of aliphatic hydroxyl groups is 1. The monoisotopic (exact) mass is 241 g/mol. The SMILES string of the molecule is COCCCS(=O)(=O)NC(CO)C(=O)O. The van der Waals surface area contributed by atoms with Gasteiger partial charge in [-0.2, -0.15) is 4.72 Å². The maximum Gasteiger partial charge on any atom is 0.324 e. The van der Waals surface area contributed by atoms with E-state index in [-0.39, 0.29) is 18.8 Å². The van der Waals surface area contributed by atoms with Crippen molar-refractivity contribution in [3.8, 4) is 0 Å². The van der Waals surface area contributed by atoms with E-state index in [2.05, 4.69) is 4.74 Å². The summed E-state index contributed by atoms with van der Waals surface area (Å²) in [4.78, 5) is 10.4. The summed E-state index contributed by atoms with van der Waals surface area (Å²) in [6, 6.07) is -1.49. The lowest BCUT2D eigenvalue weighted by Gasteiger charge is -2.11. The average Bonchev–Trinajstić information content (AvgIpc) is 2.14. The molecule has 0 aromatic rings. The summed E-state index contributed by atoms with van der Waals surface area (Å²) < 4.78 is 29.0. The molecule has 0 rings (SSSR count). The first-order valence-electron chi connectivity index (χ1n) is 4.25.